The lowest BCUT2D eigenvalue weighted by Crippen LogP contribution is -2.23. The summed E-state index contributed by atoms with van der Waals surface area (Å²) in [5, 5.41) is 14.0. The molecule has 0 fully saturated rings. The lowest BCUT2D eigenvalue weighted by atomic mass is 10.1. The Balaban J connectivity index is 1.72. The minimum Gasteiger partial charge on any atom is -0.497 e. The first-order chi connectivity index (χ1) is 10.2. The number of rotatable bonds is 7. The summed E-state index contributed by atoms with van der Waals surface area (Å²) in [6.07, 6.45) is 0.398. The van der Waals surface area contributed by atoms with Crippen molar-refractivity contribution in [1.82, 2.24) is 5.32 Å². The van der Waals surface area contributed by atoms with Gasteiger partial charge in [0, 0.05) is 11.6 Å². The average Bonchev–Trinajstić information content (AvgIpc) is 2.52. The quantitative estimate of drug-likeness (QED) is 0.772. The zero-order valence-electron chi connectivity index (χ0n) is 12.1. The van der Waals surface area contributed by atoms with Crippen LogP contribution in [0.2, 0.25) is 5.02 Å². The van der Waals surface area contributed by atoms with Crippen molar-refractivity contribution in [3.8, 4) is 5.75 Å². The van der Waals surface area contributed by atoms with Crippen molar-refractivity contribution in [2.24, 2.45) is 0 Å². The van der Waals surface area contributed by atoms with Crippen molar-refractivity contribution in [2.45, 2.75) is 12.5 Å². The van der Waals surface area contributed by atoms with E-state index in [0.29, 0.717) is 11.6 Å². The molecular formula is C17H20ClNO2. The van der Waals surface area contributed by atoms with Crippen LogP contribution < -0.4 is 10.1 Å². The highest BCUT2D eigenvalue weighted by molar-refractivity contribution is 6.30. The molecule has 21 heavy (non-hydrogen) atoms. The van der Waals surface area contributed by atoms with Crippen LogP contribution in [0.3, 0.4) is 0 Å². The molecule has 0 saturated heterocycles. The molecule has 0 aromatic heterocycles. The van der Waals surface area contributed by atoms with Crippen LogP contribution in [-0.4, -0.2) is 25.3 Å². The van der Waals surface area contributed by atoms with Crippen molar-refractivity contribution in [2.75, 3.05) is 20.2 Å². The molecular weight excluding hydrogens is 286 g/mol. The lowest BCUT2D eigenvalue weighted by molar-refractivity contribution is 0.175. The lowest BCUT2D eigenvalue weighted by Gasteiger charge is -2.12. The molecule has 2 N–H and O–H groups in total. The number of hydrogen-bond acceptors (Lipinski definition) is 3. The molecule has 4 heteroatoms. The maximum Gasteiger partial charge on any atom is 0.118 e. The minimum absolute atomic E-state index is 0.516. The van der Waals surface area contributed by atoms with Crippen molar-refractivity contribution < 1.29 is 9.84 Å². The molecule has 1 atom stereocenters. The van der Waals surface area contributed by atoms with Crippen LogP contribution in [0, 0.1) is 0 Å². The first-order valence-corrected chi connectivity index (χ1v) is 7.34. The molecule has 0 bridgehead atoms. The summed E-state index contributed by atoms with van der Waals surface area (Å²) >= 11 is 5.83. The number of methoxy groups -OCH3 is 1. The second-order valence-corrected chi connectivity index (χ2v) is 5.31. The fourth-order valence-electron chi connectivity index (χ4n) is 2.07. The highest BCUT2D eigenvalue weighted by Crippen LogP contribution is 2.16. The van der Waals surface area contributed by atoms with E-state index in [-0.39, 0.29) is 0 Å². The van der Waals surface area contributed by atoms with E-state index >= 15 is 0 Å². The molecule has 0 radical (unpaired) electrons. The smallest absolute Gasteiger partial charge is 0.118 e. The number of aliphatic hydroxyl groups is 1. The summed E-state index contributed by atoms with van der Waals surface area (Å²) in [6.45, 7) is 1.34. The maximum atomic E-state index is 10.1. The summed E-state index contributed by atoms with van der Waals surface area (Å²) < 4.78 is 5.13. The first kappa shape index (κ1) is 15.8. The average molecular weight is 306 g/mol. The van der Waals surface area contributed by atoms with Crippen LogP contribution in [0.4, 0.5) is 0 Å². The molecule has 2 rings (SSSR count). The summed E-state index contributed by atoms with van der Waals surface area (Å²) in [5.41, 5.74) is 2.11. The zero-order chi connectivity index (χ0) is 15.1. The van der Waals surface area contributed by atoms with E-state index in [1.165, 1.54) is 5.56 Å². The van der Waals surface area contributed by atoms with Gasteiger partial charge in [-0.05, 0) is 48.4 Å². The van der Waals surface area contributed by atoms with Crippen LogP contribution in [0.25, 0.3) is 0 Å². The Morgan fingerprint density at radius 1 is 1.10 bits per heavy atom. The third kappa shape index (κ3) is 5.05. The van der Waals surface area contributed by atoms with Gasteiger partial charge in [0.15, 0.2) is 0 Å². The summed E-state index contributed by atoms with van der Waals surface area (Å²) in [6, 6.07) is 15.3. The number of ether oxygens (including phenoxy) is 1. The van der Waals surface area contributed by atoms with Gasteiger partial charge in [0.25, 0.3) is 0 Å². The van der Waals surface area contributed by atoms with Gasteiger partial charge in [0.1, 0.15) is 5.75 Å². The van der Waals surface area contributed by atoms with E-state index in [2.05, 4.69) is 17.4 Å². The number of benzene rings is 2. The number of hydrogen-bond donors (Lipinski definition) is 2. The summed E-state index contributed by atoms with van der Waals surface area (Å²) in [7, 11) is 1.66. The minimum atomic E-state index is -0.516. The number of halogens is 1. The second-order valence-electron chi connectivity index (χ2n) is 4.87. The first-order valence-electron chi connectivity index (χ1n) is 6.96. The normalized spacial score (nSPS) is 12.1. The SMILES string of the molecule is COc1ccc(CCNCC(O)c2ccc(Cl)cc2)cc1. The van der Waals surface area contributed by atoms with E-state index in [4.69, 9.17) is 16.3 Å². The predicted molar refractivity (Wildman–Crippen MR) is 86.0 cm³/mol. The van der Waals surface area contributed by atoms with Gasteiger partial charge in [0.05, 0.1) is 13.2 Å². The number of aliphatic hydroxyl groups excluding tert-OH is 1. The van der Waals surface area contributed by atoms with E-state index in [1.54, 1.807) is 19.2 Å². The standard InChI is InChI=1S/C17H20ClNO2/c1-21-16-8-2-13(3-9-16)10-11-19-12-17(20)14-4-6-15(18)7-5-14/h2-9,17,19-20H,10-12H2,1H3. The van der Waals surface area contributed by atoms with Gasteiger partial charge in [-0.25, -0.2) is 0 Å². The van der Waals surface area contributed by atoms with Gasteiger partial charge in [-0.2, -0.15) is 0 Å². The zero-order valence-corrected chi connectivity index (χ0v) is 12.8. The fourth-order valence-corrected chi connectivity index (χ4v) is 2.19. The molecule has 2 aromatic carbocycles. The molecule has 1 unspecified atom stereocenters. The highest BCUT2D eigenvalue weighted by atomic mass is 35.5. The van der Waals surface area contributed by atoms with Crippen molar-refractivity contribution >= 4 is 11.6 Å². The second kappa shape index (κ2) is 8.03. The molecule has 0 heterocycles. The molecule has 0 aliphatic heterocycles. The molecule has 3 nitrogen and oxygen atoms in total. The Labute approximate surface area is 130 Å². The molecule has 2 aromatic rings. The number of nitrogens with one attached hydrogen (secondary N) is 1. The van der Waals surface area contributed by atoms with Crippen LogP contribution in [0.1, 0.15) is 17.2 Å². The topological polar surface area (TPSA) is 41.5 Å². The van der Waals surface area contributed by atoms with Gasteiger partial charge in [-0.1, -0.05) is 35.9 Å². The van der Waals surface area contributed by atoms with Gasteiger partial charge < -0.3 is 15.2 Å². The van der Waals surface area contributed by atoms with Gasteiger partial charge >= 0.3 is 0 Å². The Morgan fingerprint density at radius 2 is 1.76 bits per heavy atom. The third-order valence-corrected chi connectivity index (χ3v) is 3.59. The van der Waals surface area contributed by atoms with Crippen LogP contribution in [-0.2, 0) is 6.42 Å². The van der Waals surface area contributed by atoms with Crippen molar-refractivity contribution in [3.05, 3.63) is 64.7 Å². The van der Waals surface area contributed by atoms with Gasteiger partial charge in [-0.3, -0.25) is 0 Å². The molecule has 112 valence electrons. The van der Waals surface area contributed by atoms with E-state index < -0.39 is 6.10 Å². The van der Waals surface area contributed by atoms with E-state index in [0.717, 1.165) is 24.3 Å². The molecule has 0 amide bonds. The predicted octanol–water partition coefficient (Wildman–Crippen LogP) is 3.21. The Kier molecular flexibility index (Phi) is 6.05. The maximum absolute atomic E-state index is 10.1. The van der Waals surface area contributed by atoms with E-state index in [9.17, 15) is 5.11 Å². The summed E-state index contributed by atoms with van der Waals surface area (Å²) in [4.78, 5) is 0. The third-order valence-electron chi connectivity index (χ3n) is 3.34. The molecule has 0 spiro atoms. The largest absolute Gasteiger partial charge is 0.497 e. The molecule has 0 saturated carbocycles. The Hall–Kier alpha value is -1.55. The van der Waals surface area contributed by atoms with Crippen molar-refractivity contribution in [3.63, 3.8) is 0 Å². The van der Waals surface area contributed by atoms with Crippen LogP contribution >= 0.6 is 11.6 Å². The van der Waals surface area contributed by atoms with E-state index in [1.807, 2.05) is 24.3 Å². The van der Waals surface area contributed by atoms with Gasteiger partial charge in [0.2, 0.25) is 0 Å². The Morgan fingerprint density at radius 3 is 2.38 bits per heavy atom. The molecule has 0 aliphatic rings. The monoisotopic (exact) mass is 305 g/mol. The van der Waals surface area contributed by atoms with Crippen LogP contribution in [0.5, 0.6) is 5.75 Å². The highest BCUT2D eigenvalue weighted by Gasteiger charge is 2.06. The molecule has 0 aliphatic carbocycles. The van der Waals surface area contributed by atoms with Gasteiger partial charge in [-0.15, -0.1) is 0 Å². The van der Waals surface area contributed by atoms with Crippen LogP contribution in [0.15, 0.2) is 48.5 Å². The summed E-state index contributed by atoms with van der Waals surface area (Å²) in [5.74, 6) is 0.866. The Bertz CT molecular complexity index is 540. The van der Waals surface area contributed by atoms with Crippen molar-refractivity contribution in [1.29, 1.82) is 0 Å². The fraction of sp³-hybridized carbons (Fsp3) is 0.294.